The lowest BCUT2D eigenvalue weighted by Crippen LogP contribution is -2.66. The van der Waals surface area contributed by atoms with Gasteiger partial charge in [-0.3, -0.25) is 0 Å². The molecule has 4 atom stereocenters. The largest absolute Gasteiger partial charge is 0.393 e. The Kier molecular flexibility index (Phi) is 5.23. The summed E-state index contributed by atoms with van der Waals surface area (Å²) in [6.45, 7) is 4.09. The van der Waals surface area contributed by atoms with E-state index in [0.717, 1.165) is 19.6 Å². The minimum absolute atomic E-state index is 0.0252. The second-order valence-electron chi connectivity index (χ2n) is 7.53. The number of rotatable bonds is 7. The van der Waals surface area contributed by atoms with Crippen LogP contribution in [0.1, 0.15) is 71.1 Å². The predicted octanol–water partition coefficient (Wildman–Crippen LogP) is 3.26. The first-order valence-corrected chi connectivity index (χ1v) is 9.29. The number of nitrogens with one attached hydrogen (secondary N) is 1. The SMILES string of the molecule is CCOC1CC(NCCCC2CCCCC2O)C12CCC2. The normalized spacial score (nSPS) is 38.0. The molecule has 3 fully saturated rings. The maximum absolute atomic E-state index is 10.0. The third-order valence-electron chi connectivity index (χ3n) is 6.45. The molecule has 0 bridgehead atoms. The van der Waals surface area contributed by atoms with Gasteiger partial charge < -0.3 is 15.2 Å². The van der Waals surface area contributed by atoms with Gasteiger partial charge in [-0.1, -0.05) is 19.3 Å². The molecule has 0 heterocycles. The van der Waals surface area contributed by atoms with Gasteiger partial charge in [0.1, 0.15) is 0 Å². The zero-order chi connectivity index (χ0) is 14.7. The second-order valence-corrected chi connectivity index (χ2v) is 7.53. The molecule has 3 heteroatoms. The van der Waals surface area contributed by atoms with Gasteiger partial charge in [0.15, 0.2) is 0 Å². The third kappa shape index (κ3) is 3.16. The molecule has 0 radical (unpaired) electrons. The Morgan fingerprint density at radius 2 is 2.00 bits per heavy atom. The number of hydrogen-bond donors (Lipinski definition) is 2. The topological polar surface area (TPSA) is 41.5 Å². The molecule has 0 saturated heterocycles. The first-order valence-electron chi connectivity index (χ1n) is 9.29. The Morgan fingerprint density at radius 1 is 1.19 bits per heavy atom. The minimum atomic E-state index is -0.0252. The van der Waals surface area contributed by atoms with Gasteiger partial charge in [-0.25, -0.2) is 0 Å². The highest BCUT2D eigenvalue weighted by Gasteiger charge is 2.58. The van der Waals surface area contributed by atoms with Crippen LogP contribution in [0.2, 0.25) is 0 Å². The summed E-state index contributed by atoms with van der Waals surface area (Å²) in [5.74, 6) is 0.566. The van der Waals surface area contributed by atoms with Crippen LogP contribution in [0.25, 0.3) is 0 Å². The Balaban J connectivity index is 1.34. The van der Waals surface area contributed by atoms with E-state index in [9.17, 15) is 5.11 Å². The molecule has 3 nitrogen and oxygen atoms in total. The molecule has 1 spiro atoms. The van der Waals surface area contributed by atoms with Crippen LogP contribution in [-0.2, 0) is 4.74 Å². The molecular weight excluding hydrogens is 262 g/mol. The molecule has 3 rings (SSSR count). The smallest absolute Gasteiger partial charge is 0.0661 e. The lowest BCUT2D eigenvalue weighted by atomic mass is 9.51. The summed E-state index contributed by atoms with van der Waals surface area (Å²) in [6, 6.07) is 0.694. The Hall–Kier alpha value is -0.120. The lowest BCUT2D eigenvalue weighted by Gasteiger charge is -2.61. The van der Waals surface area contributed by atoms with Gasteiger partial charge >= 0.3 is 0 Å². The first-order chi connectivity index (χ1) is 10.3. The van der Waals surface area contributed by atoms with Crippen LogP contribution in [0.4, 0.5) is 0 Å². The highest BCUT2D eigenvalue weighted by molar-refractivity contribution is 5.12. The predicted molar refractivity (Wildman–Crippen MR) is 85.3 cm³/mol. The molecule has 0 amide bonds. The molecule has 0 aromatic carbocycles. The van der Waals surface area contributed by atoms with E-state index in [1.807, 2.05) is 0 Å². The van der Waals surface area contributed by atoms with Gasteiger partial charge in [0.05, 0.1) is 12.2 Å². The van der Waals surface area contributed by atoms with E-state index in [2.05, 4.69) is 12.2 Å². The zero-order valence-corrected chi connectivity index (χ0v) is 13.7. The van der Waals surface area contributed by atoms with E-state index in [0.29, 0.717) is 23.5 Å². The standard InChI is InChI=1S/C18H33NO2/c1-2-21-17-13-16(18(17)10-6-11-18)19-12-5-8-14-7-3-4-9-15(14)20/h14-17,19-20H,2-13H2,1H3. The molecule has 3 aliphatic carbocycles. The molecule has 4 unspecified atom stereocenters. The van der Waals surface area contributed by atoms with Gasteiger partial charge in [0.25, 0.3) is 0 Å². The highest BCUT2D eigenvalue weighted by Crippen LogP contribution is 2.57. The summed E-state index contributed by atoms with van der Waals surface area (Å²) in [5.41, 5.74) is 0.486. The van der Waals surface area contributed by atoms with Gasteiger partial charge in [0, 0.05) is 18.1 Å². The lowest BCUT2D eigenvalue weighted by molar-refractivity contribution is -0.172. The third-order valence-corrected chi connectivity index (χ3v) is 6.45. The fraction of sp³-hybridized carbons (Fsp3) is 1.00. The van der Waals surface area contributed by atoms with Crippen LogP contribution in [0.3, 0.4) is 0 Å². The van der Waals surface area contributed by atoms with Gasteiger partial charge in [-0.05, 0) is 64.3 Å². The molecule has 2 N–H and O–H groups in total. The number of aliphatic hydroxyl groups is 1. The molecule has 0 aliphatic heterocycles. The molecule has 122 valence electrons. The van der Waals surface area contributed by atoms with Gasteiger partial charge in [0.2, 0.25) is 0 Å². The first kappa shape index (κ1) is 15.8. The summed E-state index contributed by atoms with van der Waals surface area (Å²) in [5, 5.41) is 13.8. The van der Waals surface area contributed by atoms with Crippen LogP contribution < -0.4 is 5.32 Å². The van der Waals surface area contributed by atoms with E-state index < -0.39 is 0 Å². The summed E-state index contributed by atoms with van der Waals surface area (Å²) in [7, 11) is 0. The van der Waals surface area contributed by atoms with Crippen molar-refractivity contribution in [3.05, 3.63) is 0 Å². The quantitative estimate of drug-likeness (QED) is 0.708. The van der Waals surface area contributed by atoms with Crippen molar-refractivity contribution in [2.45, 2.75) is 89.4 Å². The van der Waals surface area contributed by atoms with Crippen molar-refractivity contribution in [1.29, 1.82) is 0 Å². The number of aliphatic hydroxyl groups excluding tert-OH is 1. The van der Waals surface area contributed by atoms with Crippen LogP contribution in [0, 0.1) is 11.3 Å². The van der Waals surface area contributed by atoms with Crippen LogP contribution in [0.15, 0.2) is 0 Å². The van der Waals surface area contributed by atoms with Crippen LogP contribution in [-0.4, -0.2) is 36.5 Å². The Bertz CT molecular complexity index is 329. The summed E-state index contributed by atoms with van der Waals surface area (Å²) in [4.78, 5) is 0. The highest BCUT2D eigenvalue weighted by atomic mass is 16.5. The van der Waals surface area contributed by atoms with Crippen molar-refractivity contribution in [1.82, 2.24) is 5.32 Å². The fourth-order valence-electron chi connectivity index (χ4n) is 4.89. The van der Waals surface area contributed by atoms with Gasteiger partial charge in [-0.15, -0.1) is 0 Å². The molecule has 21 heavy (non-hydrogen) atoms. The monoisotopic (exact) mass is 295 g/mol. The van der Waals surface area contributed by atoms with Crippen molar-refractivity contribution in [2.24, 2.45) is 11.3 Å². The number of ether oxygens (including phenoxy) is 1. The second kappa shape index (κ2) is 6.97. The summed E-state index contributed by atoms with van der Waals surface area (Å²) >= 11 is 0. The summed E-state index contributed by atoms with van der Waals surface area (Å²) in [6.07, 6.45) is 13.0. The zero-order valence-electron chi connectivity index (χ0n) is 13.7. The van der Waals surface area contributed by atoms with Gasteiger partial charge in [-0.2, -0.15) is 0 Å². The van der Waals surface area contributed by atoms with E-state index in [-0.39, 0.29) is 6.10 Å². The van der Waals surface area contributed by atoms with E-state index >= 15 is 0 Å². The van der Waals surface area contributed by atoms with Crippen LogP contribution >= 0.6 is 0 Å². The Morgan fingerprint density at radius 3 is 2.67 bits per heavy atom. The number of hydrogen-bond acceptors (Lipinski definition) is 3. The molecule has 3 saturated carbocycles. The van der Waals surface area contributed by atoms with Crippen molar-refractivity contribution < 1.29 is 9.84 Å². The van der Waals surface area contributed by atoms with E-state index in [1.165, 1.54) is 57.8 Å². The maximum Gasteiger partial charge on any atom is 0.0661 e. The maximum atomic E-state index is 10.0. The molecule has 0 aromatic heterocycles. The molecular formula is C18H33NO2. The Labute approximate surface area is 129 Å². The summed E-state index contributed by atoms with van der Waals surface area (Å²) < 4.78 is 5.91. The molecule has 0 aromatic rings. The molecule has 3 aliphatic rings. The van der Waals surface area contributed by atoms with E-state index in [1.54, 1.807) is 0 Å². The van der Waals surface area contributed by atoms with Crippen molar-refractivity contribution in [2.75, 3.05) is 13.2 Å². The average molecular weight is 295 g/mol. The minimum Gasteiger partial charge on any atom is -0.393 e. The van der Waals surface area contributed by atoms with E-state index in [4.69, 9.17) is 4.74 Å². The van der Waals surface area contributed by atoms with Crippen molar-refractivity contribution >= 4 is 0 Å². The van der Waals surface area contributed by atoms with Crippen molar-refractivity contribution in [3.63, 3.8) is 0 Å². The fourth-order valence-corrected chi connectivity index (χ4v) is 4.89. The average Bonchev–Trinajstić information content (AvgIpc) is 2.41. The van der Waals surface area contributed by atoms with Crippen molar-refractivity contribution in [3.8, 4) is 0 Å². The van der Waals surface area contributed by atoms with Crippen LogP contribution in [0.5, 0.6) is 0 Å².